The summed E-state index contributed by atoms with van der Waals surface area (Å²) in [5.74, 6) is 1.92. The number of anilines is 1. The molecule has 1 aromatic rings. The van der Waals surface area contributed by atoms with Crippen molar-refractivity contribution in [2.24, 2.45) is 0 Å². The third-order valence-corrected chi connectivity index (χ3v) is 5.80. The summed E-state index contributed by atoms with van der Waals surface area (Å²) in [6.07, 6.45) is 6.90. The summed E-state index contributed by atoms with van der Waals surface area (Å²) >= 11 is 0. The van der Waals surface area contributed by atoms with E-state index in [1.807, 2.05) is 20.8 Å². The lowest BCUT2D eigenvalue weighted by Crippen LogP contribution is -2.36. The second kappa shape index (κ2) is 12.4. The molecule has 0 aliphatic carbocycles. The Balaban J connectivity index is 1.36. The third-order valence-electron chi connectivity index (χ3n) is 5.80. The van der Waals surface area contributed by atoms with Crippen molar-refractivity contribution in [2.45, 2.75) is 77.4 Å². The van der Waals surface area contributed by atoms with Crippen LogP contribution in [-0.4, -0.2) is 74.2 Å². The van der Waals surface area contributed by atoms with Gasteiger partial charge in [-0.2, -0.15) is 0 Å². The molecule has 8 heteroatoms. The highest BCUT2D eigenvalue weighted by Gasteiger charge is 2.30. The molecule has 0 saturated carbocycles. The van der Waals surface area contributed by atoms with Crippen molar-refractivity contribution < 1.29 is 23.7 Å². The van der Waals surface area contributed by atoms with Crippen LogP contribution in [0.15, 0.2) is 6.07 Å². The van der Waals surface area contributed by atoms with Crippen molar-refractivity contribution in [3.8, 4) is 5.75 Å². The number of nitrogens with one attached hydrogen (secondary N) is 1. The molecule has 1 fully saturated rings. The van der Waals surface area contributed by atoms with Gasteiger partial charge in [-0.05, 0) is 59.3 Å². The Labute approximate surface area is 198 Å². The third kappa shape index (κ3) is 8.34. The minimum Gasteiger partial charge on any atom is -0.491 e. The molecule has 186 valence electrons. The molecule has 1 saturated heterocycles. The second-order valence-corrected chi connectivity index (χ2v) is 9.83. The van der Waals surface area contributed by atoms with E-state index < -0.39 is 5.60 Å². The van der Waals surface area contributed by atoms with Gasteiger partial charge in [0, 0.05) is 44.1 Å². The molecule has 2 aliphatic heterocycles. The van der Waals surface area contributed by atoms with Crippen LogP contribution in [0.1, 0.15) is 64.1 Å². The highest BCUT2D eigenvalue weighted by Crippen LogP contribution is 2.31. The predicted molar refractivity (Wildman–Crippen MR) is 128 cm³/mol. The number of nitrogens with zero attached hydrogens (tertiary/aromatic N) is 2. The number of carbonyl (C=O) groups is 1. The van der Waals surface area contributed by atoms with Crippen LogP contribution < -0.4 is 10.1 Å². The van der Waals surface area contributed by atoms with Gasteiger partial charge in [-0.15, -0.1) is 0 Å². The molecule has 1 atom stereocenters. The highest BCUT2D eigenvalue weighted by molar-refractivity contribution is 5.68. The van der Waals surface area contributed by atoms with E-state index in [0.717, 1.165) is 75.4 Å². The number of hydrogen-bond donors (Lipinski definition) is 1. The van der Waals surface area contributed by atoms with E-state index in [-0.39, 0.29) is 12.2 Å². The van der Waals surface area contributed by atoms with Crippen LogP contribution in [-0.2, 0) is 27.1 Å². The molecule has 3 heterocycles. The summed E-state index contributed by atoms with van der Waals surface area (Å²) < 4.78 is 22.6. The maximum Gasteiger partial charge on any atom is 0.410 e. The molecule has 1 N–H and O–H groups in total. The van der Waals surface area contributed by atoms with E-state index in [2.05, 4.69) is 11.4 Å². The first kappa shape index (κ1) is 25.6. The van der Waals surface area contributed by atoms with Crippen LogP contribution in [0.4, 0.5) is 10.6 Å². The predicted octanol–water partition coefficient (Wildman–Crippen LogP) is 4.20. The minimum absolute atomic E-state index is 0.109. The van der Waals surface area contributed by atoms with E-state index in [1.165, 1.54) is 5.56 Å². The first-order valence-corrected chi connectivity index (χ1v) is 12.3. The fourth-order valence-corrected chi connectivity index (χ4v) is 4.14. The van der Waals surface area contributed by atoms with Gasteiger partial charge in [-0.25, -0.2) is 9.78 Å². The number of likely N-dealkylation sites (tertiary alicyclic amines) is 1. The average molecular weight is 464 g/mol. The Hall–Kier alpha value is -2.06. The summed E-state index contributed by atoms with van der Waals surface area (Å²) in [6.45, 7) is 9.80. The fourth-order valence-electron chi connectivity index (χ4n) is 4.14. The zero-order valence-electron chi connectivity index (χ0n) is 20.8. The molecule has 1 aromatic heterocycles. The molecule has 2 aliphatic rings. The maximum absolute atomic E-state index is 12.2. The van der Waals surface area contributed by atoms with Crippen molar-refractivity contribution in [2.75, 3.05) is 51.9 Å². The Kier molecular flexibility index (Phi) is 9.62. The number of carbonyl (C=O) groups excluding carboxylic acids is 1. The molecule has 3 rings (SSSR count). The van der Waals surface area contributed by atoms with Crippen molar-refractivity contribution in [1.82, 2.24) is 9.88 Å². The zero-order valence-corrected chi connectivity index (χ0v) is 20.8. The number of hydrogen-bond acceptors (Lipinski definition) is 7. The second-order valence-electron chi connectivity index (χ2n) is 9.83. The van der Waals surface area contributed by atoms with E-state index in [1.54, 1.807) is 12.0 Å². The largest absolute Gasteiger partial charge is 0.491 e. The first-order chi connectivity index (χ1) is 15.9. The Morgan fingerprint density at radius 3 is 2.85 bits per heavy atom. The monoisotopic (exact) mass is 463 g/mol. The summed E-state index contributed by atoms with van der Waals surface area (Å²) in [5.41, 5.74) is 1.79. The van der Waals surface area contributed by atoms with E-state index in [4.69, 9.17) is 23.9 Å². The summed E-state index contributed by atoms with van der Waals surface area (Å²) in [6, 6.07) is 2.10. The van der Waals surface area contributed by atoms with E-state index in [0.29, 0.717) is 26.3 Å². The molecule has 0 aromatic carbocycles. The van der Waals surface area contributed by atoms with Crippen LogP contribution in [0, 0.1) is 0 Å². The topological polar surface area (TPSA) is 82.2 Å². The maximum atomic E-state index is 12.2. The lowest BCUT2D eigenvalue weighted by atomic mass is 10.0. The van der Waals surface area contributed by atoms with Gasteiger partial charge in [0.05, 0.1) is 19.3 Å². The molecule has 0 bridgehead atoms. The quantitative estimate of drug-likeness (QED) is 0.493. The van der Waals surface area contributed by atoms with Crippen molar-refractivity contribution in [3.05, 3.63) is 17.3 Å². The number of methoxy groups -OCH3 is 1. The van der Waals surface area contributed by atoms with Crippen LogP contribution in [0.25, 0.3) is 0 Å². The van der Waals surface area contributed by atoms with Crippen molar-refractivity contribution >= 4 is 11.9 Å². The molecule has 0 radical (unpaired) electrons. The van der Waals surface area contributed by atoms with Crippen molar-refractivity contribution in [3.63, 3.8) is 0 Å². The first-order valence-electron chi connectivity index (χ1n) is 12.3. The van der Waals surface area contributed by atoms with Crippen LogP contribution in [0.3, 0.4) is 0 Å². The number of aryl methyl sites for hydroxylation is 1. The van der Waals surface area contributed by atoms with E-state index in [9.17, 15) is 4.79 Å². The fraction of sp³-hybridized carbons (Fsp3) is 0.760. The van der Waals surface area contributed by atoms with Crippen LogP contribution in [0.5, 0.6) is 5.75 Å². The van der Waals surface area contributed by atoms with Gasteiger partial charge in [0.1, 0.15) is 23.8 Å². The van der Waals surface area contributed by atoms with Crippen LogP contribution >= 0.6 is 0 Å². The summed E-state index contributed by atoms with van der Waals surface area (Å²) in [4.78, 5) is 18.7. The molecule has 1 amide bonds. The average Bonchev–Trinajstić information content (AvgIpc) is 3.24. The number of rotatable bonds is 11. The number of amides is 1. The number of aromatic nitrogens is 1. The van der Waals surface area contributed by atoms with Gasteiger partial charge in [-0.3, -0.25) is 0 Å². The Morgan fingerprint density at radius 1 is 1.21 bits per heavy atom. The van der Waals surface area contributed by atoms with E-state index >= 15 is 0 Å². The number of fused-ring (bicyclic) bond motifs is 1. The minimum atomic E-state index is -0.462. The highest BCUT2D eigenvalue weighted by atomic mass is 16.6. The molecule has 0 unspecified atom stereocenters. The number of unbranched alkanes of at least 4 members (excludes halogenated alkanes) is 2. The van der Waals surface area contributed by atoms with Gasteiger partial charge in [0.2, 0.25) is 0 Å². The zero-order chi connectivity index (χ0) is 23.7. The van der Waals surface area contributed by atoms with Crippen LogP contribution in [0.2, 0.25) is 0 Å². The lowest BCUT2D eigenvalue weighted by molar-refractivity contribution is 0.0206. The normalized spacial score (nSPS) is 18.1. The summed E-state index contributed by atoms with van der Waals surface area (Å²) in [7, 11) is 1.69. The number of pyridine rings is 1. The van der Waals surface area contributed by atoms with Gasteiger partial charge in [0.25, 0.3) is 0 Å². The van der Waals surface area contributed by atoms with Gasteiger partial charge < -0.3 is 29.2 Å². The smallest absolute Gasteiger partial charge is 0.410 e. The molecular weight excluding hydrogens is 422 g/mol. The van der Waals surface area contributed by atoms with Gasteiger partial charge in [0.15, 0.2) is 0 Å². The Morgan fingerprint density at radius 2 is 2.06 bits per heavy atom. The Bertz CT molecular complexity index is 765. The molecular formula is C25H41N3O5. The lowest BCUT2D eigenvalue weighted by Gasteiger charge is -2.24. The number of ether oxygens (including phenoxy) is 4. The SMILES string of the molecule is COCCOc1cc(CCCCCO[C@@H]2CCN(C(=O)OC(C)(C)C)C2)nc2c1CCCN2. The summed E-state index contributed by atoms with van der Waals surface area (Å²) in [5, 5.41) is 3.42. The molecule has 33 heavy (non-hydrogen) atoms. The standard InChI is InChI=1S/C25H41N3O5/c1-25(2,3)33-24(29)28-13-11-20(18-28)31-14-7-5-6-9-19-17-22(32-16-15-30-4)21-10-8-12-26-23(21)27-19/h17,20H,5-16,18H2,1-4H3,(H,26,27)/t20-/m1/s1. The molecule has 8 nitrogen and oxygen atoms in total. The van der Waals surface area contributed by atoms with Crippen molar-refractivity contribution in [1.29, 1.82) is 0 Å². The van der Waals surface area contributed by atoms with Gasteiger partial charge in [-0.1, -0.05) is 6.42 Å². The molecule has 0 spiro atoms. The van der Waals surface area contributed by atoms with Gasteiger partial charge >= 0.3 is 6.09 Å².